The van der Waals surface area contributed by atoms with Crippen molar-refractivity contribution in [1.29, 1.82) is 0 Å². The van der Waals surface area contributed by atoms with E-state index in [2.05, 4.69) is 5.43 Å². The van der Waals surface area contributed by atoms with Crippen LogP contribution in [0.4, 0.5) is 5.69 Å². The summed E-state index contributed by atoms with van der Waals surface area (Å²) in [6.07, 6.45) is 0. The summed E-state index contributed by atoms with van der Waals surface area (Å²) >= 11 is 0. The Morgan fingerprint density at radius 3 is 2.62 bits per heavy atom. The summed E-state index contributed by atoms with van der Waals surface area (Å²) < 4.78 is 0. The van der Waals surface area contributed by atoms with Crippen molar-refractivity contribution in [2.45, 2.75) is 0 Å². The summed E-state index contributed by atoms with van der Waals surface area (Å²) in [7, 11) is 0. The van der Waals surface area contributed by atoms with Crippen LogP contribution in [-0.4, -0.2) is 4.92 Å². The predicted molar refractivity (Wildman–Crippen MR) is 43.8 cm³/mol. The molecule has 1 aromatic rings. The van der Waals surface area contributed by atoms with E-state index in [9.17, 15) is 10.1 Å². The van der Waals surface area contributed by atoms with E-state index in [1.165, 1.54) is 12.6 Å². The van der Waals surface area contributed by atoms with Gasteiger partial charge in [0.1, 0.15) is 0 Å². The number of hydrazine groups is 1. The van der Waals surface area contributed by atoms with E-state index < -0.39 is 4.92 Å². The van der Waals surface area contributed by atoms with Gasteiger partial charge in [0.25, 0.3) is 0 Å². The smallest absolute Gasteiger partial charge is 0.171 e. The molecule has 0 bridgehead atoms. The molecule has 1 rings (SSSR count). The largest absolute Gasteiger partial charge is 0.290 e. The van der Waals surface area contributed by atoms with Gasteiger partial charge in [-0.25, -0.2) is 0 Å². The Bertz CT molecular complexity index is 293. The van der Waals surface area contributed by atoms with Crippen molar-refractivity contribution in [2.24, 2.45) is 5.84 Å². The van der Waals surface area contributed by atoms with Crippen LogP contribution in [0.2, 0.25) is 0 Å². The quantitative estimate of drug-likeness (QED) is 0.358. The minimum atomic E-state index is -0.455. The monoisotopic (exact) mass is 255 g/mol. The third-order valence-electron chi connectivity index (χ3n) is 1.37. The number of rotatable bonds is 3. The molecule has 0 heterocycles. The van der Waals surface area contributed by atoms with Crippen LogP contribution in [-0.2, 0) is 32.7 Å². The van der Waals surface area contributed by atoms with Crippen molar-refractivity contribution in [1.82, 2.24) is 5.43 Å². The zero-order valence-electron chi connectivity index (χ0n) is 6.81. The first-order valence-electron chi connectivity index (χ1n) is 3.28. The molecule has 1 radical (unpaired) electrons. The first-order chi connectivity index (χ1) is 5.75. The first kappa shape index (κ1) is 12.5. The maximum atomic E-state index is 10.4. The summed E-state index contributed by atoms with van der Waals surface area (Å²) in [5.41, 5.74) is 2.75. The Kier molecular flexibility index (Phi) is 5.82. The molecular formula is C7H8N3O2Y-. The maximum absolute atomic E-state index is 10.4. The second-order valence-electron chi connectivity index (χ2n) is 2.13. The molecule has 0 saturated heterocycles. The van der Waals surface area contributed by atoms with Gasteiger partial charge in [0.15, 0.2) is 5.69 Å². The van der Waals surface area contributed by atoms with Crippen LogP contribution in [0.1, 0.15) is 5.56 Å². The normalized spacial score (nSPS) is 8.69. The van der Waals surface area contributed by atoms with Crippen LogP contribution in [0, 0.1) is 16.7 Å². The average Bonchev–Trinajstić information content (AvgIpc) is 2.05. The summed E-state index contributed by atoms with van der Waals surface area (Å²) in [5, 5.41) is 10.4. The zero-order chi connectivity index (χ0) is 8.97. The van der Waals surface area contributed by atoms with Crippen molar-refractivity contribution >= 4 is 5.69 Å². The fourth-order valence-electron chi connectivity index (χ4n) is 0.866. The van der Waals surface area contributed by atoms with E-state index in [-0.39, 0.29) is 38.4 Å². The number of hydrogen-bond acceptors (Lipinski definition) is 4. The molecule has 0 aromatic heterocycles. The minimum Gasteiger partial charge on any atom is -0.290 e. The van der Waals surface area contributed by atoms with Crippen LogP contribution in [0.25, 0.3) is 0 Å². The molecule has 0 unspecified atom stereocenters. The molecular weight excluding hydrogens is 247 g/mol. The molecule has 5 nitrogen and oxygen atoms in total. The number of nitro groups is 1. The van der Waals surface area contributed by atoms with Gasteiger partial charge in [0.2, 0.25) is 0 Å². The topological polar surface area (TPSA) is 81.2 Å². The molecule has 0 atom stereocenters. The van der Waals surface area contributed by atoms with Crippen molar-refractivity contribution in [3.8, 4) is 0 Å². The van der Waals surface area contributed by atoms with Gasteiger partial charge in [0.05, 0.1) is 0 Å². The number of nitrogens with zero attached hydrogens (tertiary/aromatic N) is 1. The van der Waals surface area contributed by atoms with Crippen LogP contribution < -0.4 is 11.3 Å². The fourth-order valence-corrected chi connectivity index (χ4v) is 0.866. The summed E-state index contributed by atoms with van der Waals surface area (Å²) in [4.78, 5) is 9.96. The molecule has 0 aliphatic rings. The van der Waals surface area contributed by atoms with E-state index in [4.69, 9.17) is 5.84 Å². The van der Waals surface area contributed by atoms with Gasteiger partial charge in [-0.05, 0) is 6.07 Å². The van der Waals surface area contributed by atoms with E-state index in [0.29, 0.717) is 5.56 Å². The molecule has 1 aromatic carbocycles. The zero-order valence-corrected chi connectivity index (χ0v) is 9.64. The Balaban J connectivity index is 0.00000144. The van der Waals surface area contributed by atoms with Crippen molar-refractivity contribution < 1.29 is 37.6 Å². The maximum Gasteiger partial charge on any atom is 0.171 e. The van der Waals surface area contributed by atoms with E-state index in [1.807, 2.05) is 0 Å². The second-order valence-corrected chi connectivity index (χ2v) is 2.13. The molecule has 0 saturated carbocycles. The number of nitro benzene ring substituents is 1. The van der Waals surface area contributed by atoms with Crippen LogP contribution in [0.15, 0.2) is 24.3 Å². The van der Waals surface area contributed by atoms with Crippen LogP contribution in [0.5, 0.6) is 0 Å². The Morgan fingerprint density at radius 1 is 1.46 bits per heavy atom. The van der Waals surface area contributed by atoms with Gasteiger partial charge in [-0.2, -0.15) is 6.07 Å². The van der Waals surface area contributed by atoms with E-state index in [0.717, 1.165) is 0 Å². The summed E-state index contributed by atoms with van der Waals surface area (Å²) in [6.45, 7) is 1.37. The number of benzene rings is 1. The minimum absolute atomic E-state index is 0. The molecule has 3 N–H and O–H groups in total. The summed E-state index contributed by atoms with van der Waals surface area (Å²) in [5.74, 6) is 5.00. The van der Waals surface area contributed by atoms with Gasteiger partial charge >= 0.3 is 0 Å². The molecule has 67 valence electrons. The molecule has 0 fully saturated rings. The molecule has 0 amide bonds. The molecule has 6 heteroatoms. The number of hydrogen-bond donors (Lipinski definition) is 2. The predicted octanol–water partition coefficient (Wildman–Crippen LogP) is 0.565. The van der Waals surface area contributed by atoms with Gasteiger partial charge in [-0.1, -0.05) is 11.6 Å². The average molecular weight is 255 g/mol. The molecule has 0 aliphatic carbocycles. The number of para-hydroxylation sites is 1. The Morgan fingerprint density at radius 2 is 2.08 bits per heavy atom. The number of nitrogens with two attached hydrogens (primary N) is 1. The molecule has 13 heavy (non-hydrogen) atoms. The van der Waals surface area contributed by atoms with Gasteiger partial charge in [-0.15, -0.1) is 12.6 Å². The van der Waals surface area contributed by atoms with Crippen molar-refractivity contribution in [2.75, 3.05) is 0 Å². The standard InChI is InChI=1S/C7H8N3O2.Y/c8-9-5-6-3-1-2-4-7(6)10(11)12;/h1-5,9H,8H2;/q-1;. The van der Waals surface area contributed by atoms with Gasteiger partial charge < -0.3 is 0 Å². The summed E-state index contributed by atoms with van der Waals surface area (Å²) in [6, 6.07) is 6.34. The number of nitrogens with one attached hydrogen (secondary N) is 1. The second kappa shape index (κ2) is 6.04. The van der Waals surface area contributed by atoms with Crippen LogP contribution in [0.3, 0.4) is 0 Å². The Labute approximate surface area is 101 Å². The van der Waals surface area contributed by atoms with E-state index >= 15 is 0 Å². The third-order valence-corrected chi connectivity index (χ3v) is 1.37. The van der Waals surface area contributed by atoms with E-state index in [1.54, 1.807) is 18.2 Å². The van der Waals surface area contributed by atoms with Crippen molar-refractivity contribution in [3.05, 3.63) is 46.5 Å². The van der Waals surface area contributed by atoms with Crippen LogP contribution >= 0.6 is 0 Å². The molecule has 0 aliphatic heterocycles. The van der Waals surface area contributed by atoms with Gasteiger partial charge in [-0.3, -0.25) is 21.4 Å². The first-order valence-corrected chi connectivity index (χ1v) is 3.28. The van der Waals surface area contributed by atoms with Gasteiger partial charge in [0, 0.05) is 37.6 Å². The third kappa shape index (κ3) is 3.40. The fraction of sp³-hybridized carbons (Fsp3) is 0. The molecule has 0 spiro atoms. The Hall–Kier alpha value is -0.486. The van der Waals surface area contributed by atoms with Crippen molar-refractivity contribution in [3.63, 3.8) is 0 Å². The SMILES string of the molecule is NN[CH-]c1ccccc1[N+](=O)[O-].[Y].